The lowest BCUT2D eigenvalue weighted by Crippen LogP contribution is -2.48. The number of hydrogen-bond donors (Lipinski definition) is 3. The van der Waals surface area contributed by atoms with Crippen LogP contribution in [-0.2, 0) is 4.74 Å². The number of ether oxygens (including phenoxy) is 3. The van der Waals surface area contributed by atoms with Gasteiger partial charge in [-0.2, -0.15) is 0 Å². The number of β-amino-alcohol motifs (C(OH)–C–C–N with tert-alkyl or cyclic N) is 1. The zero-order chi connectivity index (χ0) is 21.9. The van der Waals surface area contributed by atoms with Crippen LogP contribution >= 0.6 is 0 Å². The fraction of sp³-hybridized carbons (Fsp3) is 0.619. The number of piperidine rings is 1. The molecule has 1 fully saturated rings. The van der Waals surface area contributed by atoms with E-state index in [1.54, 1.807) is 12.1 Å². The van der Waals surface area contributed by atoms with Crippen molar-refractivity contribution in [1.82, 2.24) is 10.2 Å². The Morgan fingerprint density at radius 3 is 2.47 bits per heavy atom. The van der Waals surface area contributed by atoms with Crippen LogP contribution < -0.4 is 20.1 Å². The highest BCUT2D eigenvalue weighted by Gasteiger charge is 2.25. The van der Waals surface area contributed by atoms with Crippen molar-refractivity contribution in [3.8, 4) is 11.5 Å². The highest BCUT2D eigenvalue weighted by atomic mass is 16.7. The average Bonchev–Trinajstić information content (AvgIpc) is 3.08. The van der Waals surface area contributed by atoms with Gasteiger partial charge in [0.2, 0.25) is 6.79 Å². The van der Waals surface area contributed by atoms with E-state index in [4.69, 9.17) is 14.2 Å². The number of alkyl carbamates (subject to hydrolysis) is 1. The molecule has 2 heterocycles. The normalized spacial score (nSPS) is 18.0. The molecular weight excluding hydrogens is 390 g/mol. The van der Waals surface area contributed by atoms with Crippen molar-refractivity contribution in [2.75, 3.05) is 31.7 Å². The molecule has 3 N–H and O–H groups in total. The minimum Gasteiger partial charge on any atom is -0.454 e. The zero-order valence-corrected chi connectivity index (χ0v) is 18.0. The number of likely N-dealkylation sites (tertiary alicyclic amines) is 1. The van der Waals surface area contributed by atoms with Gasteiger partial charge in [-0.15, -0.1) is 0 Å². The number of nitrogens with zero attached hydrogens (tertiary/aromatic N) is 1. The summed E-state index contributed by atoms with van der Waals surface area (Å²) in [5.41, 5.74) is 0.438. The maximum Gasteiger partial charge on any atom is 0.407 e. The molecule has 0 spiro atoms. The van der Waals surface area contributed by atoms with Crippen molar-refractivity contribution in [2.24, 2.45) is 0 Å². The van der Waals surface area contributed by atoms with E-state index in [2.05, 4.69) is 15.5 Å². The van der Waals surface area contributed by atoms with E-state index >= 15 is 0 Å². The van der Waals surface area contributed by atoms with Crippen LogP contribution in [0.4, 0.5) is 10.5 Å². The number of fused-ring (bicyclic) bond motifs is 1. The summed E-state index contributed by atoms with van der Waals surface area (Å²) in [5, 5.41) is 16.4. The summed E-state index contributed by atoms with van der Waals surface area (Å²) >= 11 is 0. The van der Waals surface area contributed by atoms with Gasteiger partial charge >= 0.3 is 6.09 Å². The van der Waals surface area contributed by atoms with Gasteiger partial charge in [-0.25, -0.2) is 4.79 Å². The summed E-state index contributed by atoms with van der Waals surface area (Å²) in [4.78, 5) is 26.0. The van der Waals surface area contributed by atoms with Gasteiger partial charge in [-0.05, 0) is 46.6 Å². The van der Waals surface area contributed by atoms with E-state index in [1.165, 1.54) is 6.92 Å². The second-order valence-electron chi connectivity index (χ2n) is 8.69. The Morgan fingerprint density at radius 2 is 1.87 bits per heavy atom. The van der Waals surface area contributed by atoms with Crippen LogP contribution in [0.15, 0.2) is 12.1 Å². The van der Waals surface area contributed by atoms with Gasteiger partial charge in [0.15, 0.2) is 17.3 Å². The Balaban J connectivity index is 1.49. The number of aliphatic hydroxyl groups is 1. The molecule has 9 heteroatoms. The molecule has 1 saturated heterocycles. The molecule has 2 aliphatic heterocycles. The minimum atomic E-state index is -0.862. The quantitative estimate of drug-likeness (QED) is 0.474. The molecule has 30 heavy (non-hydrogen) atoms. The van der Waals surface area contributed by atoms with Crippen molar-refractivity contribution in [2.45, 2.75) is 58.4 Å². The summed E-state index contributed by atoms with van der Waals surface area (Å²) in [7, 11) is 0. The van der Waals surface area contributed by atoms with Gasteiger partial charge in [-0.1, -0.05) is 0 Å². The maximum atomic E-state index is 12.0. The molecule has 1 unspecified atom stereocenters. The zero-order valence-electron chi connectivity index (χ0n) is 18.0. The van der Waals surface area contributed by atoms with Crippen LogP contribution in [0.25, 0.3) is 0 Å². The van der Waals surface area contributed by atoms with Crippen molar-refractivity contribution in [1.29, 1.82) is 0 Å². The lowest BCUT2D eigenvalue weighted by molar-refractivity contribution is 0.0465. The lowest BCUT2D eigenvalue weighted by Gasteiger charge is -2.34. The summed E-state index contributed by atoms with van der Waals surface area (Å²) in [6.45, 7) is 8.96. The number of benzene rings is 1. The van der Waals surface area contributed by atoms with Crippen LogP contribution in [0, 0.1) is 0 Å². The van der Waals surface area contributed by atoms with Crippen molar-refractivity contribution in [3.63, 3.8) is 0 Å². The number of nitrogens with one attached hydrogen (secondary N) is 2. The first kappa shape index (κ1) is 22.2. The second kappa shape index (κ2) is 9.09. The van der Waals surface area contributed by atoms with Crippen LogP contribution in [0.1, 0.15) is 50.9 Å². The van der Waals surface area contributed by atoms with Gasteiger partial charge in [0.05, 0.1) is 5.69 Å². The monoisotopic (exact) mass is 421 g/mol. The molecule has 0 radical (unpaired) electrons. The molecule has 1 atom stereocenters. The Labute approximate surface area is 176 Å². The first-order chi connectivity index (χ1) is 14.1. The summed E-state index contributed by atoms with van der Waals surface area (Å²) in [5.74, 6) is 0.945. The van der Waals surface area contributed by atoms with Crippen molar-refractivity contribution in [3.05, 3.63) is 17.7 Å². The van der Waals surface area contributed by atoms with Crippen LogP contribution in [0.2, 0.25) is 0 Å². The van der Waals surface area contributed by atoms with Gasteiger partial charge in [0, 0.05) is 37.3 Å². The Bertz CT molecular complexity index is 784. The highest BCUT2D eigenvalue weighted by molar-refractivity contribution is 6.00. The topological polar surface area (TPSA) is 109 Å². The molecule has 166 valence electrons. The van der Waals surface area contributed by atoms with E-state index in [0.29, 0.717) is 29.3 Å². The number of amides is 1. The Morgan fingerprint density at radius 1 is 1.23 bits per heavy atom. The molecule has 0 bridgehead atoms. The number of carbonyl (C=O) groups excluding carboxylic acids is 2. The van der Waals surface area contributed by atoms with E-state index < -0.39 is 17.9 Å². The first-order valence-corrected chi connectivity index (χ1v) is 10.2. The van der Waals surface area contributed by atoms with E-state index in [0.717, 1.165) is 25.9 Å². The number of aliphatic hydroxyl groups excluding tert-OH is 1. The van der Waals surface area contributed by atoms with E-state index in [9.17, 15) is 14.7 Å². The standard InChI is InChI=1S/C21H31N3O6/c1-13(25)15-9-17-18(29-12-28-17)10-16(15)23-19(26)11-24-7-5-14(6-8-24)22-20(27)30-21(2,3)4/h9-10,14,19,23,26H,5-8,11-12H2,1-4H3,(H,22,27). The highest BCUT2D eigenvalue weighted by Crippen LogP contribution is 2.37. The fourth-order valence-electron chi connectivity index (χ4n) is 3.56. The molecule has 1 aromatic rings. The summed E-state index contributed by atoms with van der Waals surface area (Å²) in [6, 6.07) is 3.37. The number of ketones is 1. The van der Waals surface area contributed by atoms with Crippen molar-refractivity contribution >= 4 is 17.6 Å². The number of Topliss-reactive ketones (excluding diaryl/α,β-unsaturated/α-hetero) is 1. The third-order valence-electron chi connectivity index (χ3n) is 4.95. The molecule has 2 aliphatic rings. The Kier molecular flexibility index (Phi) is 6.72. The maximum absolute atomic E-state index is 12.0. The smallest absolute Gasteiger partial charge is 0.407 e. The van der Waals surface area contributed by atoms with Crippen LogP contribution in [0.3, 0.4) is 0 Å². The first-order valence-electron chi connectivity index (χ1n) is 10.2. The number of anilines is 1. The van der Waals surface area contributed by atoms with E-state index in [1.807, 2.05) is 20.8 Å². The molecular formula is C21H31N3O6. The third kappa shape index (κ3) is 5.99. The van der Waals surface area contributed by atoms with Crippen molar-refractivity contribution < 1.29 is 28.9 Å². The third-order valence-corrected chi connectivity index (χ3v) is 4.95. The summed E-state index contributed by atoms with van der Waals surface area (Å²) < 4.78 is 16.0. The van der Waals surface area contributed by atoms with Crippen LogP contribution in [-0.4, -0.2) is 66.2 Å². The number of hydrogen-bond acceptors (Lipinski definition) is 8. The fourth-order valence-corrected chi connectivity index (χ4v) is 3.56. The minimum absolute atomic E-state index is 0.0550. The van der Waals surface area contributed by atoms with Crippen LogP contribution in [0.5, 0.6) is 11.5 Å². The Hall–Kier alpha value is -2.52. The SMILES string of the molecule is CC(=O)c1cc2c(cc1NC(O)CN1CCC(NC(=O)OC(C)(C)C)CC1)OCO2. The molecule has 0 aliphatic carbocycles. The predicted molar refractivity (Wildman–Crippen MR) is 111 cm³/mol. The summed E-state index contributed by atoms with van der Waals surface area (Å²) in [6.07, 6.45) is 0.282. The number of carbonyl (C=O) groups is 2. The predicted octanol–water partition coefficient (Wildman–Crippen LogP) is 2.34. The average molecular weight is 421 g/mol. The van der Waals surface area contributed by atoms with Gasteiger partial charge < -0.3 is 30.0 Å². The molecule has 0 aromatic heterocycles. The van der Waals surface area contributed by atoms with E-state index in [-0.39, 0.29) is 18.6 Å². The largest absolute Gasteiger partial charge is 0.454 e. The second-order valence-corrected chi connectivity index (χ2v) is 8.69. The number of rotatable bonds is 6. The van der Waals surface area contributed by atoms with Gasteiger partial charge in [0.1, 0.15) is 11.8 Å². The van der Waals surface area contributed by atoms with Gasteiger partial charge in [-0.3, -0.25) is 9.69 Å². The molecule has 0 saturated carbocycles. The lowest BCUT2D eigenvalue weighted by atomic mass is 10.1. The molecule has 9 nitrogen and oxygen atoms in total. The van der Waals surface area contributed by atoms with Gasteiger partial charge in [0.25, 0.3) is 0 Å². The molecule has 3 rings (SSSR count). The molecule has 1 amide bonds. The molecule has 1 aromatic carbocycles.